The van der Waals surface area contributed by atoms with Crippen LogP contribution in [0.3, 0.4) is 0 Å². The van der Waals surface area contributed by atoms with E-state index in [9.17, 15) is 0 Å². The average molecular weight is 434 g/mol. The normalized spacial score (nSPS) is 13.8. The highest BCUT2D eigenvalue weighted by Gasteiger charge is 2.34. The van der Waals surface area contributed by atoms with Crippen molar-refractivity contribution < 1.29 is 19.2 Å². The zero-order chi connectivity index (χ0) is 23.4. The number of nitrogen functional groups attached to an aromatic ring is 1. The predicted molar refractivity (Wildman–Crippen MR) is 122 cm³/mol. The number of fused-ring (bicyclic) bond motifs is 1. The van der Waals surface area contributed by atoms with Crippen LogP contribution in [0, 0.1) is 0 Å². The summed E-state index contributed by atoms with van der Waals surface area (Å²) in [6.07, 6.45) is 3.79. The first kappa shape index (κ1) is 22.7. The average Bonchev–Trinajstić information content (AvgIpc) is 3.26. The molecule has 0 saturated carbocycles. The lowest BCUT2D eigenvalue weighted by atomic mass is 10.1. The predicted octanol–water partition coefficient (Wildman–Crippen LogP) is 2.51. The number of nitrogens with two attached hydrogens (primary N) is 1. The molecule has 0 fully saturated rings. The fourth-order valence-electron chi connectivity index (χ4n) is 3.54. The summed E-state index contributed by atoms with van der Waals surface area (Å²) in [5, 5.41) is 13.3. The van der Waals surface area contributed by atoms with Gasteiger partial charge in [0, 0.05) is 29.7 Å². The minimum absolute atomic E-state index is 0.186. The van der Waals surface area contributed by atoms with Crippen LogP contribution in [0.2, 0.25) is 0 Å². The molecule has 3 heterocycles. The van der Waals surface area contributed by atoms with Crippen molar-refractivity contribution in [3.8, 4) is 5.75 Å². The number of anilines is 1. The molecule has 1 aliphatic rings. The van der Waals surface area contributed by atoms with E-state index in [1.807, 2.05) is 38.1 Å². The number of benzene rings is 1. The molecule has 8 heteroatoms. The number of aromatic nitrogens is 3. The molecule has 0 unspecified atom stereocenters. The molecule has 0 radical (unpaired) electrons. The summed E-state index contributed by atoms with van der Waals surface area (Å²) in [6.45, 7) is 7.16. The Bertz CT molecular complexity index is 1190. The van der Waals surface area contributed by atoms with Gasteiger partial charge < -0.3 is 20.4 Å². The molecule has 0 atom stereocenters. The molecule has 32 heavy (non-hydrogen) atoms. The summed E-state index contributed by atoms with van der Waals surface area (Å²) in [6, 6.07) is 14.4. The summed E-state index contributed by atoms with van der Waals surface area (Å²) in [7, 11) is 1.67. The molecule has 0 saturated heterocycles. The highest BCUT2D eigenvalue weighted by atomic mass is 16.5. The number of ether oxygens (including phenoxy) is 1. The van der Waals surface area contributed by atoms with Crippen LogP contribution in [-0.2, 0) is 4.79 Å². The number of carbonyl (C=O) groups is 1. The van der Waals surface area contributed by atoms with Gasteiger partial charge in [-0.05, 0) is 58.0 Å². The molecular formula is C24H27N5O3. The Kier molecular flexibility index (Phi) is 6.73. The number of hydrogen-bond acceptors (Lipinski definition) is 6. The molecule has 4 rings (SSSR count). The van der Waals surface area contributed by atoms with E-state index in [0.717, 1.165) is 40.9 Å². The standard InChI is InChI=1S/C22H23N5O.C2H4O2/c1-14(2)27-22(23)18(13-24-27)25-20-15(3)21(26-12-6-5-7-19(20)26)16-8-10-17(28-4)11-9-16;1-2(3)4/h5-14,23H,1-4H3;1H3,(H,3,4). The topological polar surface area (TPSA) is 109 Å². The molecule has 0 amide bonds. The second kappa shape index (κ2) is 9.47. The first-order valence-electron chi connectivity index (χ1n) is 10.2. The zero-order valence-electron chi connectivity index (χ0n) is 18.9. The van der Waals surface area contributed by atoms with Crippen LogP contribution in [-0.4, -0.2) is 28.6 Å². The summed E-state index contributed by atoms with van der Waals surface area (Å²) in [5.74, 6) is 0.330. The van der Waals surface area contributed by atoms with Crippen LogP contribution < -0.4 is 20.1 Å². The number of carboxylic acid groups (broad SMARTS) is 1. The number of hydrogen-bond donors (Lipinski definition) is 1. The highest BCUT2D eigenvalue weighted by Crippen LogP contribution is 2.30. The maximum Gasteiger partial charge on any atom is 0.237 e. The molecule has 8 nitrogen and oxygen atoms in total. The number of aliphatic imine (C=N–C) groups is 1. The Morgan fingerprint density at radius 2 is 1.88 bits per heavy atom. The maximum absolute atomic E-state index is 8.89. The van der Waals surface area contributed by atoms with E-state index in [2.05, 4.69) is 41.0 Å². The Labute approximate surface area is 187 Å². The van der Waals surface area contributed by atoms with E-state index in [1.54, 1.807) is 18.0 Å². The molecule has 2 aromatic heterocycles. The van der Waals surface area contributed by atoms with Crippen LogP contribution in [0.15, 0.2) is 65.4 Å². The van der Waals surface area contributed by atoms with Crippen LogP contribution >= 0.6 is 0 Å². The number of nitrogens with zero attached hydrogens (tertiary/aromatic N) is 4. The highest BCUT2D eigenvalue weighted by molar-refractivity contribution is 6.17. The number of allylic oxidation sites excluding steroid dienone is 1. The number of carbonyl (C=O) groups excluding carboxylic acids is 1. The fourth-order valence-corrected chi connectivity index (χ4v) is 3.54. The Hall–Kier alpha value is -3.94. The van der Waals surface area contributed by atoms with E-state index in [1.165, 1.54) is 0 Å². The number of methoxy groups -OCH3 is 1. The second-order valence-electron chi connectivity index (χ2n) is 7.56. The lowest BCUT2D eigenvalue weighted by Crippen LogP contribution is -2.34. The van der Waals surface area contributed by atoms with Gasteiger partial charge in [-0.25, -0.2) is 9.67 Å². The Morgan fingerprint density at radius 3 is 2.44 bits per heavy atom. The summed E-state index contributed by atoms with van der Waals surface area (Å²) in [5.41, 5.74) is 12.2. The molecule has 2 N–H and O–H groups in total. The van der Waals surface area contributed by atoms with E-state index in [0.29, 0.717) is 11.5 Å². The number of aliphatic carboxylic acids is 1. The van der Waals surface area contributed by atoms with Gasteiger partial charge in [-0.2, -0.15) is 9.67 Å². The van der Waals surface area contributed by atoms with Gasteiger partial charge >= 0.3 is 0 Å². The van der Waals surface area contributed by atoms with Crippen LogP contribution in [0.1, 0.15) is 45.0 Å². The van der Waals surface area contributed by atoms with Gasteiger partial charge in [0.1, 0.15) is 23.0 Å². The molecule has 0 spiro atoms. The Morgan fingerprint density at radius 1 is 1.22 bits per heavy atom. The monoisotopic (exact) mass is 433 g/mol. The minimum atomic E-state index is -1.08. The first-order valence-corrected chi connectivity index (χ1v) is 10.2. The Balaban J connectivity index is 0.000000668. The van der Waals surface area contributed by atoms with Crippen molar-refractivity contribution in [2.24, 2.45) is 4.99 Å². The van der Waals surface area contributed by atoms with E-state index < -0.39 is 5.97 Å². The third-order valence-electron chi connectivity index (χ3n) is 4.95. The van der Waals surface area contributed by atoms with Crippen molar-refractivity contribution in [2.45, 2.75) is 33.7 Å². The van der Waals surface area contributed by atoms with Crippen molar-refractivity contribution in [1.29, 1.82) is 0 Å². The number of pyridine rings is 1. The smallest absolute Gasteiger partial charge is 0.237 e. The van der Waals surface area contributed by atoms with Crippen molar-refractivity contribution in [2.75, 3.05) is 12.8 Å². The van der Waals surface area contributed by atoms with Crippen LogP contribution in [0.5, 0.6) is 5.75 Å². The number of rotatable bonds is 4. The molecule has 0 aliphatic carbocycles. The van der Waals surface area contributed by atoms with Gasteiger partial charge in [-0.3, -0.25) is 0 Å². The molecule has 1 aliphatic heterocycles. The number of carboxylic acids is 1. The zero-order valence-corrected chi connectivity index (χ0v) is 18.9. The molecule has 0 bridgehead atoms. The van der Waals surface area contributed by atoms with Gasteiger partial charge in [0.05, 0.1) is 18.9 Å². The van der Waals surface area contributed by atoms with Crippen molar-refractivity contribution in [3.63, 3.8) is 0 Å². The minimum Gasteiger partial charge on any atom is -0.550 e. The van der Waals surface area contributed by atoms with E-state index >= 15 is 0 Å². The lowest BCUT2D eigenvalue weighted by Gasteiger charge is -2.07. The van der Waals surface area contributed by atoms with Crippen LogP contribution in [0.25, 0.3) is 5.70 Å². The van der Waals surface area contributed by atoms with Gasteiger partial charge in [0.25, 0.3) is 0 Å². The third kappa shape index (κ3) is 4.54. The SMILES string of the molecule is CC(=O)[O-].COc1ccc(C2=C(C)/C(=N\c3cnn(C(C)C)c3N)c3cccc[n+]32)cc1. The summed E-state index contributed by atoms with van der Waals surface area (Å²) in [4.78, 5) is 13.8. The quantitative estimate of drug-likeness (QED) is 0.636. The lowest BCUT2D eigenvalue weighted by molar-refractivity contribution is -0.577. The van der Waals surface area contributed by atoms with E-state index in [4.69, 9.17) is 25.4 Å². The van der Waals surface area contributed by atoms with Crippen molar-refractivity contribution >= 4 is 28.9 Å². The molecular weight excluding hydrogens is 406 g/mol. The van der Waals surface area contributed by atoms with Crippen molar-refractivity contribution in [3.05, 3.63) is 71.7 Å². The summed E-state index contributed by atoms with van der Waals surface area (Å²) >= 11 is 0. The van der Waals surface area contributed by atoms with Gasteiger partial charge in [0.2, 0.25) is 11.4 Å². The van der Waals surface area contributed by atoms with Gasteiger partial charge in [-0.15, -0.1) is 0 Å². The van der Waals surface area contributed by atoms with E-state index in [-0.39, 0.29) is 6.04 Å². The van der Waals surface area contributed by atoms with Crippen LogP contribution in [0.4, 0.5) is 11.5 Å². The van der Waals surface area contributed by atoms with Gasteiger partial charge in [0.15, 0.2) is 6.20 Å². The van der Waals surface area contributed by atoms with Crippen molar-refractivity contribution in [1.82, 2.24) is 9.78 Å². The fraction of sp³-hybridized carbons (Fsp3) is 0.250. The first-order chi connectivity index (χ1) is 15.2. The molecule has 3 aromatic rings. The summed E-state index contributed by atoms with van der Waals surface area (Å²) < 4.78 is 9.25. The largest absolute Gasteiger partial charge is 0.550 e. The molecule has 1 aromatic carbocycles. The van der Waals surface area contributed by atoms with Gasteiger partial charge in [-0.1, -0.05) is 0 Å². The third-order valence-corrected chi connectivity index (χ3v) is 4.95. The second-order valence-corrected chi connectivity index (χ2v) is 7.56. The molecule has 166 valence electrons. The maximum atomic E-state index is 8.89.